The Hall–Kier alpha value is -5.77. The van der Waals surface area contributed by atoms with E-state index in [0.717, 1.165) is 58.4 Å². The molecule has 5 N–H and O–H groups in total. The lowest BCUT2D eigenvalue weighted by Gasteiger charge is -2.19. The van der Waals surface area contributed by atoms with Gasteiger partial charge in [-0.1, -0.05) is 30.2 Å². The highest BCUT2D eigenvalue weighted by Gasteiger charge is 2.26. The summed E-state index contributed by atoms with van der Waals surface area (Å²) in [5.41, 5.74) is 12.5. The molecule has 6 aromatic rings. The van der Waals surface area contributed by atoms with E-state index < -0.39 is 23.5 Å². The van der Waals surface area contributed by atoms with Crippen LogP contribution < -0.4 is 16.4 Å². The number of fused-ring (bicyclic) bond motifs is 2. The van der Waals surface area contributed by atoms with Crippen LogP contribution in [0.3, 0.4) is 0 Å². The maximum Gasteiger partial charge on any atom is 0.251 e. The van der Waals surface area contributed by atoms with E-state index in [1.165, 1.54) is 23.5 Å². The first kappa shape index (κ1) is 32.4. The Morgan fingerprint density at radius 1 is 0.980 bits per heavy atom. The molecule has 2 aliphatic heterocycles. The quantitative estimate of drug-likeness (QED) is 0.138. The predicted molar refractivity (Wildman–Crippen MR) is 191 cm³/mol. The molecule has 1 saturated heterocycles. The summed E-state index contributed by atoms with van der Waals surface area (Å²) in [6, 6.07) is 18.9. The van der Waals surface area contributed by atoms with Crippen molar-refractivity contribution in [2.75, 3.05) is 6.54 Å². The maximum atomic E-state index is 14.2. The van der Waals surface area contributed by atoms with Crippen LogP contribution in [0.2, 0.25) is 0 Å². The molecule has 3 aromatic carbocycles. The molecule has 0 aliphatic carbocycles. The molecular formula is C39H31F2N7O2S. The Morgan fingerprint density at radius 2 is 1.78 bits per heavy atom. The van der Waals surface area contributed by atoms with Crippen LogP contribution in [0.1, 0.15) is 74.8 Å². The molecule has 51 heavy (non-hydrogen) atoms. The van der Waals surface area contributed by atoms with Crippen molar-refractivity contribution in [3.63, 3.8) is 0 Å². The van der Waals surface area contributed by atoms with Gasteiger partial charge in [0.1, 0.15) is 17.5 Å². The van der Waals surface area contributed by atoms with Crippen LogP contribution in [0, 0.1) is 23.5 Å². The van der Waals surface area contributed by atoms with E-state index >= 15 is 0 Å². The molecule has 0 spiro atoms. The number of nitrogens with two attached hydrogens (primary N) is 1. The van der Waals surface area contributed by atoms with Crippen molar-refractivity contribution in [2.45, 2.75) is 44.2 Å². The van der Waals surface area contributed by atoms with Crippen LogP contribution in [0.4, 0.5) is 8.78 Å². The average Bonchev–Trinajstić information content (AvgIpc) is 3.93. The lowest BCUT2D eigenvalue weighted by molar-refractivity contribution is -0.118. The summed E-state index contributed by atoms with van der Waals surface area (Å²) < 4.78 is 29.1. The van der Waals surface area contributed by atoms with Crippen LogP contribution in [0.5, 0.6) is 0 Å². The fourth-order valence-corrected chi connectivity index (χ4v) is 7.61. The third-order valence-corrected chi connectivity index (χ3v) is 10.2. The number of benzene rings is 3. The van der Waals surface area contributed by atoms with Crippen molar-refractivity contribution in [1.82, 2.24) is 30.6 Å². The lowest BCUT2D eigenvalue weighted by Crippen LogP contribution is -2.18. The van der Waals surface area contributed by atoms with Gasteiger partial charge in [0, 0.05) is 41.6 Å². The lowest BCUT2D eigenvalue weighted by atomic mass is 9.87. The fourth-order valence-electron chi connectivity index (χ4n) is 6.81. The van der Waals surface area contributed by atoms with Gasteiger partial charge in [0.2, 0.25) is 5.91 Å². The first-order valence-corrected chi connectivity index (χ1v) is 17.4. The number of aromatic amines is 1. The first-order chi connectivity index (χ1) is 24.8. The molecule has 1 fully saturated rings. The third-order valence-electron chi connectivity index (χ3n) is 9.25. The molecule has 3 aromatic heterocycles. The number of H-pyrrole nitrogens is 1. The average molecular weight is 700 g/mol. The molecule has 2 atom stereocenters. The summed E-state index contributed by atoms with van der Waals surface area (Å²) in [7, 11) is 0. The number of aromatic nitrogens is 4. The standard InChI is InChI=1S/C39H31F2N7O2S/c40-27-13-22(14-28(41)17-27)12-26(16-34(42)49)36-29(24-8-9-25-19-45-39(50)30(25)15-24)18-33-38(48-36)47-35(51-33)10-5-21-3-6-23(7-4-21)32-20-44-37(46-32)31-2-1-11-43-31/h3-4,6-9,13-15,17-18,20,26,31,43H,1-2,11-12,16,19H2,(H2,42,49)(H,44,46)(H,45,50)/t26-,31-/m0/s1. The van der Waals surface area contributed by atoms with Gasteiger partial charge in [0.25, 0.3) is 5.91 Å². The summed E-state index contributed by atoms with van der Waals surface area (Å²) >= 11 is 1.37. The molecule has 0 saturated carbocycles. The van der Waals surface area contributed by atoms with Gasteiger partial charge in [-0.05, 0) is 90.4 Å². The van der Waals surface area contributed by atoms with E-state index in [0.29, 0.717) is 45.1 Å². The Balaban J connectivity index is 1.14. The summed E-state index contributed by atoms with van der Waals surface area (Å²) in [6.07, 6.45) is 4.04. The molecule has 2 amide bonds. The summed E-state index contributed by atoms with van der Waals surface area (Å²) in [5, 5.41) is 6.84. The molecule has 12 heteroatoms. The minimum Gasteiger partial charge on any atom is -0.370 e. The van der Waals surface area contributed by atoms with Crippen molar-refractivity contribution in [3.05, 3.63) is 123 Å². The number of nitrogens with zero attached hydrogens (tertiary/aromatic N) is 3. The molecular weight excluding hydrogens is 669 g/mol. The normalized spacial score (nSPS) is 15.7. The summed E-state index contributed by atoms with van der Waals surface area (Å²) in [4.78, 5) is 42.6. The maximum absolute atomic E-state index is 14.2. The largest absolute Gasteiger partial charge is 0.370 e. The van der Waals surface area contributed by atoms with Crippen LogP contribution in [0.25, 0.3) is 32.7 Å². The smallest absolute Gasteiger partial charge is 0.251 e. The van der Waals surface area contributed by atoms with Gasteiger partial charge in [-0.15, -0.1) is 11.3 Å². The number of carbonyl (C=O) groups excluding carboxylic acids is 2. The van der Waals surface area contributed by atoms with Crippen LogP contribution in [-0.4, -0.2) is 38.3 Å². The summed E-state index contributed by atoms with van der Waals surface area (Å²) in [5.74, 6) is 4.46. The van der Waals surface area contributed by atoms with E-state index in [2.05, 4.69) is 32.4 Å². The van der Waals surface area contributed by atoms with Crippen LogP contribution in [-0.2, 0) is 17.8 Å². The highest BCUT2D eigenvalue weighted by Crippen LogP contribution is 2.37. The topological polar surface area (TPSA) is 139 Å². The zero-order valence-electron chi connectivity index (χ0n) is 27.2. The molecule has 2 aliphatic rings. The highest BCUT2D eigenvalue weighted by molar-refractivity contribution is 7.19. The Kier molecular flexibility index (Phi) is 8.59. The molecule has 0 bridgehead atoms. The zero-order chi connectivity index (χ0) is 35.1. The minimum atomic E-state index is -0.722. The van der Waals surface area contributed by atoms with Crippen molar-refractivity contribution in [2.24, 2.45) is 5.73 Å². The van der Waals surface area contributed by atoms with Gasteiger partial charge >= 0.3 is 0 Å². The number of rotatable bonds is 8. The van der Waals surface area contributed by atoms with Gasteiger partial charge in [0.15, 0.2) is 10.7 Å². The minimum absolute atomic E-state index is 0.0959. The molecule has 5 heterocycles. The monoisotopic (exact) mass is 699 g/mol. The Bertz CT molecular complexity index is 2370. The van der Waals surface area contributed by atoms with Crippen molar-refractivity contribution in [3.8, 4) is 34.2 Å². The molecule has 254 valence electrons. The number of hydrogen-bond acceptors (Lipinski definition) is 7. The van der Waals surface area contributed by atoms with Crippen molar-refractivity contribution < 1.29 is 18.4 Å². The van der Waals surface area contributed by atoms with Gasteiger partial charge in [0.05, 0.1) is 28.3 Å². The number of nitrogens with one attached hydrogen (secondary N) is 3. The number of pyridine rings is 1. The fraction of sp³-hybridized carbons (Fsp3) is 0.205. The number of carbonyl (C=O) groups is 2. The van der Waals surface area contributed by atoms with E-state index in [1.54, 1.807) is 6.07 Å². The zero-order valence-corrected chi connectivity index (χ0v) is 28.0. The Labute approximate surface area is 295 Å². The van der Waals surface area contributed by atoms with Crippen molar-refractivity contribution >= 4 is 33.5 Å². The first-order valence-electron chi connectivity index (χ1n) is 16.6. The van der Waals surface area contributed by atoms with Gasteiger partial charge in [-0.3, -0.25) is 9.59 Å². The van der Waals surface area contributed by atoms with Gasteiger partial charge in [-0.2, -0.15) is 0 Å². The number of hydrogen-bond donors (Lipinski definition) is 4. The second-order valence-electron chi connectivity index (χ2n) is 12.8. The van der Waals surface area contributed by atoms with Crippen molar-refractivity contribution in [1.29, 1.82) is 0 Å². The number of thiazole rings is 1. The van der Waals surface area contributed by atoms with E-state index in [1.807, 2.05) is 48.7 Å². The molecule has 9 nitrogen and oxygen atoms in total. The summed E-state index contributed by atoms with van der Waals surface area (Å²) in [6.45, 7) is 1.44. The van der Waals surface area contributed by atoms with E-state index in [4.69, 9.17) is 15.7 Å². The number of imidazole rings is 1. The predicted octanol–water partition coefficient (Wildman–Crippen LogP) is 6.30. The van der Waals surface area contributed by atoms with Gasteiger partial charge in [-0.25, -0.2) is 23.7 Å². The van der Waals surface area contributed by atoms with E-state index in [-0.39, 0.29) is 24.8 Å². The second kappa shape index (κ2) is 13.5. The third kappa shape index (κ3) is 6.86. The highest BCUT2D eigenvalue weighted by atomic mass is 32.1. The number of amides is 2. The Morgan fingerprint density at radius 3 is 2.55 bits per heavy atom. The van der Waals surface area contributed by atoms with E-state index in [9.17, 15) is 18.4 Å². The second-order valence-corrected chi connectivity index (χ2v) is 13.9. The van der Waals surface area contributed by atoms with Crippen LogP contribution in [0.15, 0.2) is 72.9 Å². The molecule has 8 rings (SSSR count). The number of halogens is 2. The van der Waals surface area contributed by atoms with Crippen LogP contribution >= 0.6 is 11.3 Å². The molecule has 0 unspecified atom stereocenters. The number of primary amides is 1. The SMILES string of the molecule is NC(=O)C[C@H](Cc1cc(F)cc(F)c1)c1nc2nc(C#Cc3ccc(-c4cnc([C@@H]5CCCN5)[nH]4)cc3)sc2cc1-c1ccc2c(c1)C(=O)NC2. The molecule has 0 radical (unpaired) electrons. The van der Waals surface area contributed by atoms with Gasteiger partial charge < -0.3 is 21.4 Å².